The van der Waals surface area contributed by atoms with Gasteiger partial charge in [0.25, 0.3) is 0 Å². The molecule has 0 spiro atoms. The maximum atomic E-state index is 11.3. The average molecular weight is 218 g/mol. The number of Topliss-reactive ketones (excluding diaryl/α,β-unsaturated/α-hetero) is 1. The summed E-state index contributed by atoms with van der Waals surface area (Å²) in [5, 5.41) is 0. The van der Waals surface area contributed by atoms with Crippen LogP contribution in [0.25, 0.3) is 0 Å². The van der Waals surface area contributed by atoms with Crippen molar-refractivity contribution in [2.45, 2.75) is 37.7 Å². The summed E-state index contributed by atoms with van der Waals surface area (Å²) in [6.07, 6.45) is 3.97. The monoisotopic (exact) mass is 218 g/mol. The van der Waals surface area contributed by atoms with Crippen LogP contribution in [0, 0.1) is 0 Å². The highest BCUT2D eigenvalue weighted by atomic mass is 16.5. The lowest BCUT2D eigenvalue weighted by molar-refractivity contribution is -0.127. The molecule has 0 N–H and O–H groups in total. The largest absolute Gasteiger partial charge is 0.378 e. The average Bonchev–Trinajstić information content (AvgIpc) is 2.34. The van der Waals surface area contributed by atoms with Gasteiger partial charge >= 0.3 is 0 Å². The van der Waals surface area contributed by atoms with Gasteiger partial charge < -0.3 is 4.74 Å². The van der Waals surface area contributed by atoms with Crippen molar-refractivity contribution in [2.24, 2.45) is 0 Å². The summed E-state index contributed by atoms with van der Waals surface area (Å²) in [6.45, 7) is 0. The molecule has 0 aliphatic heterocycles. The Bertz CT molecular complexity index is 346. The first-order valence-electron chi connectivity index (χ1n) is 5.85. The molecule has 2 heteroatoms. The minimum atomic E-state index is -0.116. The van der Waals surface area contributed by atoms with Crippen LogP contribution in [0.1, 0.15) is 31.2 Å². The standard InChI is InChI=1S/C14H18O2/c1-16-14(9-7-13(15)8-10-14)11-12-5-3-2-4-6-12/h2-6H,7-11H2,1H3. The van der Waals surface area contributed by atoms with E-state index in [2.05, 4.69) is 12.1 Å². The zero-order valence-corrected chi connectivity index (χ0v) is 9.74. The van der Waals surface area contributed by atoms with E-state index in [0.29, 0.717) is 18.6 Å². The highest BCUT2D eigenvalue weighted by Crippen LogP contribution is 2.32. The first-order valence-corrected chi connectivity index (χ1v) is 5.85. The number of rotatable bonds is 3. The van der Waals surface area contributed by atoms with E-state index >= 15 is 0 Å². The van der Waals surface area contributed by atoms with Gasteiger partial charge in [-0.15, -0.1) is 0 Å². The van der Waals surface area contributed by atoms with E-state index in [0.717, 1.165) is 19.3 Å². The number of carbonyl (C=O) groups excluding carboxylic acids is 1. The van der Waals surface area contributed by atoms with E-state index in [9.17, 15) is 4.79 Å². The van der Waals surface area contributed by atoms with Crippen LogP contribution in [0.2, 0.25) is 0 Å². The lowest BCUT2D eigenvalue weighted by atomic mass is 9.80. The molecule has 0 unspecified atom stereocenters. The van der Waals surface area contributed by atoms with E-state index < -0.39 is 0 Å². The molecule has 0 bridgehead atoms. The zero-order valence-electron chi connectivity index (χ0n) is 9.74. The van der Waals surface area contributed by atoms with Gasteiger partial charge in [0, 0.05) is 26.4 Å². The summed E-state index contributed by atoms with van der Waals surface area (Å²) < 4.78 is 5.68. The number of benzene rings is 1. The van der Waals surface area contributed by atoms with E-state index in [1.54, 1.807) is 7.11 Å². The molecular formula is C14H18O2. The predicted octanol–water partition coefficient (Wildman–Crippen LogP) is 2.76. The van der Waals surface area contributed by atoms with Gasteiger partial charge in [-0.2, -0.15) is 0 Å². The summed E-state index contributed by atoms with van der Waals surface area (Å²) in [5.41, 5.74) is 1.17. The summed E-state index contributed by atoms with van der Waals surface area (Å²) >= 11 is 0. The fourth-order valence-corrected chi connectivity index (χ4v) is 2.41. The van der Waals surface area contributed by atoms with E-state index in [1.807, 2.05) is 18.2 Å². The van der Waals surface area contributed by atoms with Gasteiger partial charge in [-0.25, -0.2) is 0 Å². The van der Waals surface area contributed by atoms with Crippen molar-refractivity contribution in [3.05, 3.63) is 35.9 Å². The van der Waals surface area contributed by atoms with Crippen molar-refractivity contribution in [1.82, 2.24) is 0 Å². The summed E-state index contributed by atoms with van der Waals surface area (Å²) in [5.74, 6) is 0.376. The second kappa shape index (κ2) is 4.79. The molecule has 0 amide bonds. The van der Waals surface area contributed by atoms with Gasteiger partial charge in [0.15, 0.2) is 0 Å². The Morgan fingerprint density at radius 3 is 2.38 bits per heavy atom. The maximum absolute atomic E-state index is 11.3. The Labute approximate surface area is 96.6 Å². The Morgan fingerprint density at radius 1 is 1.19 bits per heavy atom. The normalized spacial score (nSPS) is 19.7. The molecule has 0 heterocycles. The van der Waals surface area contributed by atoms with Crippen LogP contribution in [0.3, 0.4) is 0 Å². The molecule has 0 saturated heterocycles. The molecule has 0 aromatic heterocycles. The van der Waals surface area contributed by atoms with Crippen LogP contribution in [0.5, 0.6) is 0 Å². The third-order valence-electron chi connectivity index (χ3n) is 3.52. The predicted molar refractivity (Wildman–Crippen MR) is 63.4 cm³/mol. The third-order valence-corrected chi connectivity index (χ3v) is 3.52. The quantitative estimate of drug-likeness (QED) is 0.779. The molecule has 2 nitrogen and oxygen atoms in total. The molecule has 0 atom stereocenters. The van der Waals surface area contributed by atoms with E-state index in [1.165, 1.54) is 5.56 Å². The molecule has 1 aliphatic rings. The Hall–Kier alpha value is -1.15. The van der Waals surface area contributed by atoms with Crippen LogP contribution >= 0.6 is 0 Å². The number of hydrogen-bond donors (Lipinski definition) is 0. The molecule has 1 fully saturated rings. The molecular weight excluding hydrogens is 200 g/mol. The van der Waals surface area contributed by atoms with Crippen molar-refractivity contribution in [3.63, 3.8) is 0 Å². The van der Waals surface area contributed by atoms with E-state index in [-0.39, 0.29) is 5.60 Å². The first kappa shape index (κ1) is 11.3. The fourth-order valence-electron chi connectivity index (χ4n) is 2.41. The molecule has 1 saturated carbocycles. The van der Waals surface area contributed by atoms with Crippen LogP contribution in [0.4, 0.5) is 0 Å². The zero-order chi connectivity index (χ0) is 11.4. The number of carbonyl (C=O) groups is 1. The van der Waals surface area contributed by atoms with E-state index in [4.69, 9.17) is 4.74 Å². The van der Waals surface area contributed by atoms with Gasteiger partial charge in [-0.1, -0.05) is 30.3 Å². The highest BCUT2D eigenvalue weighted by Gasteiger charge is 2.34. The smallest absolute Gasteiger partial charge is 0.133 e. The SMILES string of the molecule is COC1(Cc2ccccc2)CCC(=O)CC1. The Kier molecular flexibility index (Phi) is 3.39. The lowest BCUT2D eigenvalue weighted by Gasteiger charge is -2.35. The molecule has 1 aromatic carbocycles. The number of hydrogen-bond acceptors (Lipinski definition) is 2. The summed E-state index contributed by atoms with van der Waals surface area (Å²) in [6, 6.07) is 10.4. The van der Waals surface area contributed by atoms with Gasteiger partial charge in [-0.05, 0) is 18.4 Å². The molecule has 16 heavy (non-hydrogen) atoms. The van der Waals surface area contributed by atoms with Gasteiger partial charge in [0.2, 0.25) is 0 Å². The first-order chi connectivity index (χ1) is 7.74. The maximum Gasteiger partial charge on any atom is 0.133 e. The second-order valence-electron chi connectivity index (χ2n) is 4.59. The third kappa shape index (κ3) is 2.50. The fraction of sp³-hybridized carbons (Fsp3) is 0.500. The molecule has 0 radical (unpaired) electrons. The minimum absolute atomic E-state index is 0.116. The topological polar surface area (TPSA) is 26.3 Å². The van der Waals surface area contributed by atoms with Crippen molar-refractivity contribution < 1.29 is 9.53 Å². The van der Waals surface area contributed by atoms with Crippen LogP contribution in [-0.4, -0.2) is 18.5 Å². The summed E-state index contributed by atoms with van der Waals surface area (Å²) in [4.78, 5) is 11.3. The molecule has 1 aromatic rings. The van der Waals surface area contributed by atoms with Crippen molar-refractivity contribution in [1.29, 1.82) is 0 Å². The van der Waals surface area contributed by atoms with Crippen LogP contribution < -0.4 is 0 Å². The molecule has 86 valence electrons. The van der Waals surface area contributed by atoms with Gasteiger partial charge in [-0.3, -0.25) is 4.79 Å². The molecule has 2 rings (SSSR count). The van der Waals surface area contributed by atoms with Crippen molar-refractivity contribution in [3.8, 4) is 0 Å². The number of ketones is 1. The Morgan fingerprint density at radius 2 is 1.81 bits per heavy atom. The van der Waals surface area contributed by atoms with Crippen LogP contribution in [0.15, 0.2) is 30.3 Å². The summed E-state index contributed by atoms with van der Waals surface area (Å²) in [7, 11) is 1.76. The van der Waals surface area contributed by atoms with Crippen molar-refractivity contribution in [2.75, 3.05) is 7.11 Å². The number of methoxy groups -OCH3 is 1. The minimum Gasteiger partial charge on any atom is -0.378 e. The second-order valence-corrected chi connectivity index (χ2v) is 4.59. The van der Waals surface area contributed by atoms with Gasteiger partial charge in [0.05, 0.1) is 5.60 Å². The molecule has 1 aliphatic carbocycles. The van der Waals surface area contributed by atoms with Crippen LogP contribution in [-0.2, 0) is 16.0 Å². The Balaban J connectivity index is 2.08. The lowest BCUT2D eigenvalue weighted by Crippen LogP contribution is -2.38. The van der Waals surface area contributed by atoms with Crippen molar-refractivity contribution >= 4 is 5.78 Å². The highest BCUT2D eigenvalue weighted by molar-refractivity contribution is 5.79. The number of ether oxygens (including phenoxy) is 1. The van der Waals surface area contributed by atoms with Gasteiger partial charge in [0.1, 0.15) is 5.78 Å².